The van der Waals surface area contributed by atoms with Crippen LogP contribution in [0.2, 0.25) is 0 Å². The molecule has 0 saturated heterocycles. The highest BCUT2D eigenvalue weighted by atomic mass is 19.4. The smallest absolute Gasteiger partial charge is 0.460 e. The van der Waals surface area contributed by atoms with Gasteiger partial charge in [-0.05, 0) is 6.92 Å². The average molecular weight is 604 g/mol. The first-order valence-corrected chi connectivity index (χ1v) is 7.97. The topological polar surface area (TPSA) is 37.3 Å². The normalized spacial score (nSPS) is 16.8. The molecule has 37 heavy (non-hydrogen) atoms. The molecule has 0 aromatic carbocycles. The van der Waals surface area contributed by atoms with Gasteiger partial charge in [0.25, 0.3) is 0 Å². The summed E-state index contributed by atoms with van der Waals surface area (Å²) in [5.41, 5.74) is -2.14. The summed E-state index contributed by atoms with van der Waals surface area (Å²) in [6.07, 6.45) is -9.89. The molecule has 0 bridgehead atoms. The van der Waals surface area contributed by atoms with Gasteiger partial charge in [0, 0.05) is 11.6 Å². The fourth-order valence-electron chi connectivity index (χ4n) is 1.99. The van der Waals surface area contributed by atoms with E-state index in [0.29, 0.717) is 0 Å². The molecule has 0 unspecified atom stereocenters. The zero-order chi connectivity index (χ0) is 30.9. The number of carboxylic acids is 1. The van der Waals surface area contributed by atoms with Crippen molar-refractivity contribution in [2.75, 3.05) is 0 Å². The lowest BCUT2D eigenvalue weighted by Crippen LogP contribution is -2.76. The number of hydrogen-bond acceptors (Lipinski definition) is 1. The number of allylic oxidation sites excluding steroid dienone is 1. The molecule has 0 spiro atoms. The van der Waals surface area contributed by atoms with E-state index in [-0.39, 0.29) is 6.92 Å². The van der Waals surface area contributed by atoms with Crippen molar-refractivity contribution in [3.05, 3.63) is 11.6 Å². The van der Waals surface area contributed by atoms with Gasteiger partial charge in [-0.2, -0.15) is 92.2 Å². The number of hydrogen-bond donors (Lipinski definition) is 1. The molecule has 220 valence electrons. The van der Waals surface area contributed by atoms with Gasteiger partial charge in [0.2, 0.25) is 0 Å². The van der Waals surface area contributed by atoms with Crippen LogP contribution in [0.15, 0.2) is 11.6 Å². The SMILES string of the molecule is CC(=CC(F)(F)C(F)(F)C(F)(F)C(F)(F)C(F)(F)C(F)(F)C(F)(F)C(F)(F)C(F)(F)C(F)(F)F)C(=O)O. The summed E-state index contributed by atoms with van der Waals surface area (Å²) < 4.78 is 275. The first-order valence-electron chi connectivity index (χ1n) is 7.97. The van der Waals surface area contributed by atoms with Gasteiger partial charge in [0.05, 0.1) is 0 Å². The van der Waals surface area contributed by atoms with Crippen molar-refractivity contribution in [3.8, 4) is 0 Å². The highest BCUT2D eigenvalue weighted by molar-refractivity contribution is 5.86. The highest BCUT2D eigenvalue weighted by Gasteiger charge is 2.97. The number of alkyl halides is 21. The van der Waals surface area contributed by atoms with Crippen LogP contribution in [0.5, 0.6) is 0 Å². The summed E-state index contributed by atoms with van der Waals surface area (Å²) in [4.78, 5) is 10.3. The molecule has 23 heteroatoms. The zero-order valence-corrected chi connectivity index (χ0v) is 16.4. The van der Waals surface area contributed by atoms with E-state index in [0.717, 1.165) is 0 Å². The molecule has 0 rings (SSSR count). The Labute approximate surface area is 187 Å². The minimum atomic E-state index is -9.25. The van der Waals surface area contributed by atoms with Crippen molar-refractivity contribution in [2.45, 2.75) is 66.4 Å². The number of aliphatic carboxylic acids is 1. The van der Waals surface area contributed by atoms with Crippen molar-refractivity contribution < 1.29 is 102 Å². The second-order valence-corrected chi connectivity index (χ2v) is 6.85. The second kappa shape index (κ2) is 8.63. The van der Waals surface area contributed by atoms with Crippen LogP contribution in [0.3, 0.4) is 0 Å². The maximum atomic E-state index is 13.5. The quantitative estimate of drug-likeness (QED) is 0.210. The van der Waals surface area contributed by atoms with E-state index in [1.165, 1.54) is 0 Å². The molecule has 0 aliphatic heterocycles. The van der Waals surface area contributed by atoms with Crippen LogP contribution >= 0.6 is 0 Å². The van der Waals surface area contributed by atoms with Crippen LogP contribution in [-0.2, 0) is 4.79 Å². The second-order valence-electron chi connectivity index (χ2n) is 6.85. The standard InChI is InChI=1S/C14H5F21O2/c1-3(4(36)37)2-5(15,16)6(17,18)7(19,20)8(21,22)9(23,24)10(25,26)11(27,28)12(29,30)13(31,32)14(33,34)35/h2H,1H3,(H,36,37). The Kier molecular flexibility index (Phi) is 8.10. The third-order valence-corrected chi connectivity index (χ3v) is 4.27. The zero-order valence-electron chi connectivity index (χ0n) is 16.4. The molecule has 0 heterocycles. The Balaban J connectivity index is 7.16. The minimum absolute atomic E-state index is 0.144. The Morgan fingerprint density at radius 2 is 0.676 bits per heavy atom. The van der Waals surface area contributed by atoms with Gasteiger partial charge in [0.15, 0.2) is 0 Å². The Bertz CT molecular complexity index is 909. The lowest BCUT2D eigenvalue weighted by atomic mass is 9.86. The maximum Gasteiger partial charge on any atom is 0.460 e. The molecule has 0 fully saturated rings. The Morgan fingerprint density at radius 3 is 0.892 bits per heavy atom. The molecular weight excluding hydrogens is 599 g/mol. The van der Waals surface area contributed by atoms with E-state index < -0.39 is 77.1 Å². The van der Waals surface area contributed by atoms with E-state index in [9.17, 15) is 97.0 Å². The van der Waals surface area contributed by atoms with E-state index in [4.69, 9.17) is 5.11 Å². The van der Waals surface area contributed by atoms with E-state index >= 15 is 0 Å². The predicted octanol–water partition coefficient (Wildman–Crippen LogP) is 7.30. The summed E-state index contributed by atoms with van der Waals surface area (Å²) in [5, 5.41) is 8.20. The average Bonchev–Trinajstić information content (AvgIpc) is 2.65. The summed E-state index contributed by atoms with van der Waals surface area (Å²) in [6.45, 7) is -0.144. The van der Waals surface area contributed by atoms with Crippen LogP contribution in [0.4, 0.5) is 92.2 Å². The Hall–Kier alpha value is -2.26. The first-order chi connectivity index (χ1) is 15.6. The van der Waals surface area contributed by atoms with Crippen LogP contribution in [0, 0.1) is 0 Å². The van der Waals surface area contributed by atoms with Gasteiger partial charge < -0.3 is 5.11 Å². The number of carboxylic acid groups (broad SMARTS) is 1. The van der Waals surface area contributed by atoms with E-state index in [1.807, 2.05) is 0 Å². The fourth-order valence-corrected chi connectivity index (χ4v) is 1.99. The van der Waals surface area contributed by atoms with E-state index in [1.54, 1.807) is 0 Å². The lowest BCUT2D eigenvalue weighted by molar-refractivity contribution is -0.473. The van der Waals surface area contributed by atoms with Crippen LogP contribution in [-0.4, -0.2) is 70.6 Å². The molecule has 0 atom stereocenters. The number of rotatable bonds is 10. The highest BCUT2D eigenvalue weighted by Crippen LogP contribution is 2.66. The van der Waals surface area contributed by atoms with Crippen LogP contribution in [0.25, 0.3) is 0 Å². The summed E-state index contributed by atoms with van der Waals surface area (Å²) in [5.74, 6) is -80.8. The molecule has 0 aromatic heterocycles. The maximum absolute atomic E-state index is 13.5. The summed E-state index contributed by atoms with van der Waals surface area (Å²) in [6, 6.07) is 0. The van der Waals surface area contributed by atoms with Gasteiger partial charge in [0.1, 0.15) is 0 Å². The molecule has 0 aromatic rings. The Morgan fingerprint density at radius 1 is 0.459 bits per heavy atom. The minimum Gasteiger partial charge on any atom is -0.478 e. The van der Waals surface area contributed by atoms with Crippen molar-refractivity contribution in [1.82, 2.24) is 0 Å². The van der Waals surface area contributed by atoms with Gasteiger partial charge in [-0.3, -0.25) is 0 Å². The number of carbonyl (C=O) groups is 1. The molecule has 0 aliphatic carbocycles. The summed E-state index contributed by atoms with van der Waals surface area (Å²) >= 11 is 0. The molecule has 2 nitrogen and oxygen atoms in total. The van der Waals surface area contributed by atoms with Crippen molar-refractivity contribution >= 4 is 5.97 Å². The molecular formula is C14H5F21O2. The fraction of sp³-hybridized carbons (Fsp3) is 0.786. The molecule has 0 amide bonds. The monoisotopic (exact) mass is 604 g/mol. The third-order valence-electron chi connectivity index (χ3n) is 4.27. The van der Waals surface area contributed by atoms with Crippen molar-refractivity contribution in [1.29, 1.82) is 0 Å². The molecule has 0 aliphatic rings. The van der Waals surface area contributed by atoms with Crippen LogP contribution in [0.1, 0.15) is 6.92 Å². The van der Waals surface area contributed by atoms with Crippen molar-refractivity contribution in [3.63, 3.8) is 0 Å². The predicted molar refractivity (Wildman–Crippen MR) is 72.0 cm³/mol. The van der Waals surface area contributed by atoms with Crippen LogP contribution < -0.4 is 0 Å². The third kappa shape index (κ3) is 4.42. The first kappa shape index (κ1) is 34.7. The summed E-state index contributed by atoms with van der Waals surface area (Å²) in [7, 11) is 0. The van der Waals surface area contributed by atoms with Gasteiger partial charge >= 0.3 is 65.4 Å². The largest absolute Gasteiger partial charge is 0.478 e. The van der Waals surface area contributed by atoms with Gasteiger partial charge in [-0.15, -0.1) is 0 Å². The van der Waals surface area contributed by atoms with E-state index in [2.05, 4.69) is 0 Å². The molecule has 0 radical (unpaired) electrons. The lowest BCUT2D eigenvalue weighted by Gasteiger charge is -2.44. The number of halogens is 21. The van der Waals surface area contributed by atoms with Gasteiger partial charge in [-0.1, -0.05) is 0 Å². The van der Waals surface area contributed by atoms with Crippen molar-refractivity contribution in [2.24, 2.45) is 0 Å². The van der Waals surface area contributed by atoms with Gasteiger partial charge in [-0.25, -0.2) is 4.79 Å². The molecule has 0 saturated carbocycles. The molecule has 1 N–H and O–H groups in total.